The maximum atomic E-state index is 11.8. The van der Waals surface area contributed by atoms with Crippen LogP contribution in [0.3, 0.4) is 0 Å². The number of carbonyl (C=O) groups excluding carboxylic acids is 1. The molecule has 2 aliphatic rings. The van der Waals surface area contributed by atoms with Crippen molar-refractivity contribution >= 4 is 5.97 Å². The quantitative estimate of drug-likeness (QED) is 0.548. The molecule has 32 heavy (non-hydrogen) atoms. The molecular weight excluding hydrogens is 408 g/mol. The van der Waals surface area contributed by atoms with Crippen LogP contribution in [0.25, 0.3) is 17.1 Å². The first-order valence-electron chi connectivity index (χ1n) is 11.1. The highest BCUT2D eigenvalue weighted by Gasteiger charge is 2.25. The largest absolute Gasteiger partial charge is 0.466 e. The first-order valence-corrected chi connectivity index (χ1v) is 11.1. The lowest BCUT2D eigenvalue weighted by atomic mass is 9.96. The highest BCUT2D eigenvalue weighted by molar-refractivity contribution is 5.71. The second-order valence-corrected chi connectivity index (χ2v) is 8.30. The number of carbonyl (C=O) groups is 1. The number of ether oxygens (including phenoxy) is 3. The van der Waals surface area contributed by atoms with Crippen LogP contribution in [-0.2, 0) is 14.3 Å². The van der Waals surface area contributed by atoms with Gasteiger partial charge < -0.3 is 14.2 Å². The summed E-state index contributed by atoms with van der Waals surface area (Å²) >= 11 is 0. The topological polar surface area (TPSA) is 88.4 Å². The fourth-order valence-electron chi connectivity index (χ4n) is 4.10. The molecule has 0 N–H and O–H groups in total. The molecular formula is C24H26N4O4. The molecule has 2 aliphatic heterocycles. The molecule has 2 saturated heterocycles. The molecule has 0 spiro atoms. The Kier molecular flexibility index (Phi) is 5.85. The number of aromatic nitrogens is 4. The maximum Gasteiger partial charge on any atom is 0.318 e. The third-order valence-corrected chi connectivity index (χ3v) is 5.83. The zero-order valence-electron chi connectivity index (χ0n) is 18.1. The van der Waals surface area contributed by atoms with Gasteiger partial charge in [0, 0.05) is 30.4 Å². The molecule has 8 nitrogen and oxygen atoms in total. The number of nitrogens with zero attached hydrogens (tertiary/aromatic N) is 4. The van der Waals surface area contributed by atoms with Gasteiger partial charge >= 0.3 is 12.0 Å². The summed E-state index contributed by atoms with van der Waals surface area (Å²) in [6.45, 7) is 3.63. The zero-order chi connectivity index (χ0) is 21.9. The lowest BCUT2D eigenvalue weighted by Gasteiger charge is -2.21. The Morgan fingerprint density at radius 1 is 1.16 bits per heavy atom. The van der Waals surface area contributed by atoms with Crippen molar-refractivity contribution < 1.29 is 19.0 Å². The van der Waals surface area contributed by atoms with Gasteiger partial charge in [0.05, 0.1) is 30.5 Å². The second-order valence-electron chi connectivity index (χ2n) is 8.30. The van der Waals surface area contributed by atoms with Crippen LogP contribution in [0.15, 0.2) is 42.6 Å². The standard InChI is InChI=1S/C24H26N4O4/c1-16-4-2-5-17(12-16)20-7-9-28(27-20)22-14-21(18-8-11-31-23(29)13-18)25-24(26-22)32-15-19-6-3-10-30-19/h2,4-5,7,9,12,14,18-19H,3,6,8,10-11,13,15H2,1H3. The summed E-state index contributed by atoms with van der Waals surface area (Å²) in [5.41, 5.74) is 3.84. The number of aryl methyl sites for hydroxylation is 1. The fraction of sp³-hybridized carbons (Fsp3) is 0.417. The van der Waals surface area contributed by atoms with Crippen molar-refractivity contribution in [2.45, 2.75) is 44.6 Å². The lowest BCUT2D eigenvalue weighted by Crippen LogP contribution is -2.22. The SMILES string of the molecule is Cc1cccc(-c2ccn(-c3cc(C4CCOC(=O)C4)nc(OCC4CCCO4)n3)n2)c1. The first-order chi connectivity index (χ1) is 15.6. The van der Waals surface area contributed by atoms with Gasteiger partial charge in [0.2, 0.25) is 0 Å². The highest BCUT2D eigenvalue weighted by atomic mass is 16.5. The third-order valence-electron chi connectivity index (χ3n) is 5.83. The van der Waals surface area contributed by atoms with Crippen LogP contribution in [0, 0.1) is 6.92 Å². The third kappa shape index (κ3) is 4.65. The first kappa shape index (κ1) is 20.6. The smallest absolute Gasteiger partial charge is 0.318 e. The molecule has 2 fully saturated rings. The Balaban J connectivity index is 1.45. The molecule has 4 heterocycles. The van der Waals surface area contributed by atoms with Crippen LogP contribution in [0.5, 0.6) is 6.01 Å². The Morgan fingerprint density at radius 2 is 2.09 bits per heavy atom. The Morgan fingerprint density at radius 3 is 2.91 bits per heavy atom. The fourth-order valence-corrected chi connectivity index (χ4v) is 4.10. The molecule has 2 aromatic heterocycles. The van der Waals surface area contributed by atoms with Gasteiger partial charge in [-0.1, -0.05) is 23.8 Å². The van der Waals surface area contributed by atoms with Gasteiger partial charge in [0.25, 0.3) is 0 Å². The average Bonchev–Trinajstić information content (AvgIpc) is 3.50. The number of esters is 1. The van der Waals surface area contributed by atoms with Gasteiger partial charge in [-0.25, -0.2) is 4.68 Å². The van der Waals surface area contributed by atoms with E-state index >= 15 is 0 Å². The van der Waals surface area contributed by atoms with Crippen molar-refractivity contribution in [1.82, 2.24) is 19.7 Å². The highest BCUT2D eigenvalue weighted by Crippen LogP contribution is 2.29. The summed E-state index contributed by atoms with van der Waals surface area (Å²) in [6.07, 6.45) is 4.98. The van der Waals surface area contributed by atoms with Crippen molar-refractivity contribution in [3.8, 4) is 23.1 Å². The number of rotatable bonds is 6. The number of benzene rings is 1. The van der Waals surface area contributed by atoms with Crippen LogP contribution in [-0.4, -0.2) is 51.6 Å². The number of hydrogen-bond donors (Lipinski definition) is 0. The Bertz CT molecular complexity index is 1110. The van der Waals surface area contributed by atoms with Crippen molar-refractivity contribution in [3.05, 3.63) is 53.9 Å². The summed E-state index contributed by atoms with van der Waals surface area (Å²) in [5.74, 6) is 0.370. The van der Waals surface area contributed by atoms with E-state index in [9.17, 15) is 4.79 Å². The van der Waals surface area contributed by atoms with Gasteiger partial charge in [-0.2, -0.15) is 15.1 Å². The summed E-state index contributed by atoms with van der Waals surface area (Å²) < 4.78 is 18.4. The predicted molar refractivity (Wildman–Crippen MR) is 117 cm³/mol. The summed E-state index contributed by atoms with van der Waals surface area (Å²) in [7, 11) is 0. The van der Waals surface area contributed by atoms with Crippen LogP contribution >= 0.6 is 0 Å². The molecule has 0 radical (unpaired) electrons. The molecule has 1 aromatic carbocycles. The summed E-state index contributed by atoms with van der Waals surface area (Å²) in [4.78, 5) is 21.1. The van der Waals surface area contributed by atoms with E-state index in [1.165, 1.54) is 5.56 Å². The van der Waals surface area contributed by atoms with E-state index in [0.29, 0.717) is 25.5 Å². The van der Waals surface area contributed by atoms with Crippen LogP contribution in [0.4, 0.5) is 0 Å². The van der Waals surface area contributed by atoms with Crippen LogP contribution < -0.4 is 4.74 Å². The van der Waals surface area contributed by atoms with E-state index in [2.05, 4.69) is 29.0 Å². The number of hydrogen-bond acceptors (Lipinski definition) is 7. The van der Waals surface area contributed by atoms with Crippen molar-refractivity contribution in [1.29, 1.82) is 0 Å². The van der Waals surface area contributed by atoms with Crippen molar-refractivity contribution in [3.63, 3.8) is 0 Å². The van der Waals surface area contributed by atoms with E-state index in [-0.39, 0.29) is 24.0 Å². The van der Waals surface area contributed by atoms with E-state index in [1.54, 1.807) is 4.68 Å². The van der Waals surface area contributed by atoms with Crippen molar-refractivity contribution in [2.75, 3.05) is 19.8 Å². The van der Waals surface area contributed by atoms with Gasteiger partial charge in [-0.3, -0.25) is 4.79 Å². The van der Waals surface area contributed by atoms with E-state index in [4.69, 9.17) is 19.3 Å². The molecule has 8 heteroatoms. The molecule has 3 aromatic rings. The Hall–Kier alpha value is -3.26. The average molecular weight is 434 g/mol. The normalized spacial score (nSPS) is 20.8. The van der Waals surface area contributed by atoms with E-state index in [0.717, 1.165) is 42.8 Å². The second kappa shape index (κ2) is 9.08. The summed E-state index contributed by atoms with van der Waals surface area (Å²) in [6, 6.07) is 12.3. The molecule has 166 valence electrons. The minimum atomic E-state index is -0.205. The number of cyclic esters (lactones) is 1. The van der Waals surface area contributed by atoms with E-state index < -0.39 is 0 Å². The molecule has 2 unspecified atom stereocenters. The molecule has 0 saturated carbocycles. The van der Waals surface area contributed by atoms with Gasteiger partial charge in [-0.15, -0.1) is 0 Å². The van der Waals surface area contributed by atoms with Gasteiger partial charge in [-0.05, 0) is 38.3 Å². The zero-order valence-corrected chi connectivity index (χ0v) is 18.1. The van der Waals surface area contributed by atoms with Crippen LogP contribution in [0.1, 0.15) is 42.9 Å². The molecule has 0 amide bonds. The van der Waals surface area contributed by atoms with Crippen LogP contribution in [0.2, 0.25) is 0 Å². The predicted octanol–water partition coefficient (Wildman–Crippen LogP) is 3.62. The summed E-state index contributed by atoms with van der Waals surface area (Å²) in [5, 5.41) is 4.73. The molecule has 0 aliphatic carbocycles. The molecule has 0 bridgehead atoms. The van der Waals surface area contributed by atoms with Gasteiger partial charge in [0.15, 0.2) is 5.82 Å². The minimum absolute atomic E-state index is 0.0325. The van der Waals surface area contributed by atoms with E-state index in [1.807, 2.05) is 30.5 Å². The maximum absolute atomic E-state index is 11.8. The molecule has 2 atom stereocenters. The lowest BCUT2D eigenvalue weighted by molar-refractivity contribution is -0.147. The van der Waals surface area contributed by atoms with Crippen molar-refractivity contribution in [2.24, 2.45) is 0 Å². The monoisotopic (exact) mass is 434 g/mol. The van der Waals surface area contributed by atoms with Gasteiger partial charge in [0.1, 0.15) is 6.61 Å². The Labute approximate surface area is 186 Å². The molecule has 5 rings (SSSR count). The minimum Gasteiger partial charge on any atom is -0.466 e.